The summed E-state index contributed by atoms with van der Waals surface area (Å²) in [6, 6.07) is 15.2. The summed E-state index contributed by atoms with van der Waals surface area (Å²) in [5.74, 6) is 0.583. The van der Waals surface area contributed by atoms with E-state index in [-0.39, 0.29) is 5.82 Å². The Labute approximate surface area is 132 Å². The maximum absolute atomic E-state index is 13.1. The molecule has 0 aliphatic rings. The summed E-state index contributed by atoms with van der Waals surface area (Å²) < 4.78 is 18.8. The van der Waals surface area contributed by atoms with Gasteiger partial charge in [0.2, 0.25) is 0 Å². The molecule has 0 saturated carbocycles. The molecule has 0 saturated heterocycles. The Balaban J connectivity index is 1.84. The molecule has 1 atom stereocenters. The molecule has 0 heterocycles. The summed E-state index contributed by atoms with van der Waals surface area (Å²) >= 11 is 0. The van der Waals surface area contributed by atoms with Crippen molar-refractivity contribution >= 4 is 0 Å². The second kappa shape index (κ2) is 7.95. The monoisotopic (exact) mass is 301 g/mol. The second-order valence-electron chi connectivity index (χ2n) is 5.91. The molecule has 0 amide bonds. The Kier molecular flexibility index (Phi) is 5.96. The Hall–Kier alpha value is -1.87. The summed E-state index contributed by atoms with van der Waals surface area (Å²) in [6.45, 7) is 2.62. The lowest BCUT2D eigenvalue weighted by atomic mass is 10.1. The van der Waals surface area contributed by atoms with E-state index in [0.29, 0.717) is 12.6 Å². The van der Waals surface area contributed by atoms with Gasteiger partial charge in [-0.25, -0.2) is 4.39 Å². The highest BCUT2D eigenvalue weighted by atomic mass is 19.1. The van der Waals surface area contributed by atoms with Crippen LogP contribution in [0.2, 0.25) is 0 Å². The molecule has 0 fully saturated rings. The number of ether oxygens (including phenoxy) is 1. The van der Waals surface area contributed by atoms with Gasteiger partial charge in [0, 0.05) is 6.04 Å². The number of benzene rings is 2. The summed E-state index contributed by atoms with van der Waals surface area (Å²) in [4.78, 5) is 2.23. The quantitative estimate of drug-likeness (QED) is 0.756. The molecule has 0 aromatic heterocycles. The Morgan fingerprint density at radius 1 is 1.05 bits per heavy atom. The van der Waals surface area contributed by atoms with E-state index in [0.717, 1.165) is 24.2 Å². The summed E-state index contributed by atoms with van der Waals surface area (Å²) in [5.41, 5.74) is 2.15. The van der Waals surface area contributed by atoms with Crippen LogP contribution >= 0.6 is 0 Å². The van der Waals surface area contributed by atoms with Gasteiger partial charge in [-0.05, 0) is 69.3 Å². The molecule has 0 radical (unpaired) electrons. The topological polar surface area (TPSA) is 12.5 Å². The molecule has 118 valence electrons. The van der Waals surface area contributed by atoms with E-state index in [1.165, 1.54) is 17.7 Å². The first-order chi connectivity index (χ1) is 10.5. The van der Waals surface area contributed by atoms with Crippen LogP contribution in [-0.2, 0) is 13.0 Å². The van der Waals surface area contributed by atoms with Gasteiger partial charge >= 0.3 is 0 Å². The molecule has 22 heavy (non-hydrogen) atoms. The third-order valence-corrected chi connectivity index (χ3v) is 3.95. The molecule has 2 rings (SSSR count). The first kappa shape index (κ1) is 16.5. The van der Waals surface area contributed by atoms with Gasteiger partial charge < -0.3 is 9.64 Å². The van der Waals surface area contributed by atoms with Crippen LogP contribution in [0.1, 0.15) is 24.5 Å². The largest absolute Gasteiger partial charge is 0.489 e. The first-order valence-corrected chi connectivity index (χ1v) is 7.67. The van der Waals surface area contributed by atoms with E-state index in [4.69, 9.17) is 4.74 Å². The Bertz CT molecular complexity index is 580. The average molecular weight is 301 g/mol. The molecule has 2 nitrogen and oxygen atoms in total. The van der Waals surface area contributed by atoms with E-state index in [9.17, 15) is 4.39 Å². The van der Waals surface area contributed by atoms with Crippen LogP contribution in [0, 0.1) is 5.82 Å². The molecule has 2 aromatic carbocycles. The smallest absolute Gasteiger partial charge is 0.123 e. The van der Waals surface area contributed by atoms with Gasteiger partial charge in [0.15, 0.2) is 0 Å². The third kappa shape index (κ3) is 5.15. The number of halogens is 1. The fourth-order valence-electron chi connectivity index (χ4n) is 2.18. The van der Waals surface area contributed by atoms with Crippen LogP contribution in [0.4, 0.5) is 4.39 Å². The maximum Gasteiger partial charge on any atom is 0.123 e. The van der Waals surface area contributed by atoms with Crippen LogP contribution in [0.25, 0.3) is 0 Å². The van der Waals surface area contributed by atoms with Gasteiger partial charge in [0.25, 0.3) is 0 Å². The zero-order valence-corrected chi connectivity index (χ0v) is 13.6. The normalized spacial score (nSPS) is 12.4. The van der Waals surface area contributed by atoms with Crippen molar-refractivity contribution in [1.29, 1.82) is 0 Å². The molecule has 0 bridgehead atoms. The summed E-state index contributed by atoms with van der Waals surface area (Å²) in [7, 11) is 4.21. The minimum absolute atomic E-state index is 0.230. The molecule has 1 unspecified atom stereocenters. The molecule has 0 spiro atoms. The molecular formula is C19H24FNO. The van der Waals surface area contributed by atoms with Gasteiger partial charge in [-0.1, -0.05) is 24.3 Å². The fourth-order valence-corrected chi connectivity index (χ4v) is 2.18. The highest BCUT2D eigenvalue weighted by Gasteiger charge is 2.05. The lowest BCUT2D eigenvalue weighted by molar-refractivity contribution is 0.298. The number of aryl methyl sites for hydroxylation is 1. The Morgan fingerprint density at radius 2 is 1.77 bits per heavy atom. The van der Waals surface area contributed by atoms with Crippen molar-refractivity contribution in [2.45, 2.75) is 32.4 Å². The molecule has 0 aliphatic carbocycles. The molecular weight excluding hydrogens is 277 g/mol. The number of nitrogens with zero attached hydrogens (tertiary/aromatic N) is 1. The van der Waals surface area contributed by atoms with Crippen LogP contribution in [0.3, 0.4) is 0 Å². The maximum atomic E-state index is 13.1. The Morgan fingerprint density at radius 3 is 2.41 bits per heavy atom. The van der Waals surface area contributed by atoms with E-state index in [2.05, 4.69) is 38.1 Å². The molecule has 2 aromatic rings. The van der Waals surface area contributed by atoms with Gasteiger partial charge in [0.05, 0.1) is 0 Å². The second-order valence-corrected chi connectivity index (χ2v) is 5.91. The highest BCUT2D eigenvalue weighted by molar-refractivity contribution is 5.28. The van der Waals surface area contributed by atoms with Gasteiger partial charge in [-0.15, -0.1) is 0 Å². The van der Waals surface area contributed by atoms with Crippen molar-refractivity contribution in [3.05, 3.63) is 65.5 Å². The van der Waals surface area contributed by atoms with Gasteiger partial charge in [0.1, 0.15) is 18.2 Å². The lowest BCUT2D eigenvalue weighted by Crippen LogP contribution is -2.24. The van der Waals surface area contributed by atoms with Crippen molar-refractivity contribution in [2.75, 3.05) is 14.1 Å². The van der Waals surface area contributed by atoms with E-state index < -0.39 is 0 Å². The molecule has 3 heteroatoms. The van der Waals surface area contributed by atoms with Crippen molar-refractivity contribution in [3.8, 4) is 5.75 Å². The molecule has 0 aliphatic heterocycles. The SMILES string of the molecule is CC(CCc1ccc(OCc2cccc(F)c2)cc1)N(C)C. The summed E-state index contributed by atoms with van der Waals surface area (Å²) in [6.07, 6.45) is 2.19. The van der Waals surface area contributed by atoms with Crippen molar-refractivity contribution in [2.24, 2.45) is 0 Å². The number of hydrogen-bond donors (Lipinski definition) is 0. The van der Waals surface area contributed by atoms with Crippen LogP contribution < -0.4 is 4.74 Å². The number of hydrogen-bond acceptors (Lipinski definition) is 2. The van der Waals surface area contributed by atoms with E-state index >= 15 is 0 Å². The van der Waals surface area contributed by atoms with Crippen LogP contribution in [0.15, 0.2) is 48.5 Å². The first-order valence-electron chi connectivity index (χ1n) is 7.67. The third-order valence-electron chi connectivity index (χ3n) is 3.95. The zero-order chi connectivity index (χ0) is 15.9. The van der Waals surface area contributed by atoms with E-state index in [1.807, 2.05) is 18.2 Å². The van der Waals surface area contributed by atoms with Crippen molar-refractivity contribution in [3.63, 3.8) is 0 Å². The van der Waals surface area contributed by atoms with Crippen molar-refractivity contribution in [1.82, 2.24) is 4.90 Å². The summed E-state index contributed by atoms with van der Waals surface area (Å²) in [5, 5.41) is 0. The highest BCUT2D eigenvalue weighted by Crippen LogP contribution is 2.16. The predicted octanol–water partition coefficient (Wildman–Crippen LogP) is 4.29. The molecule has 0 N–H and O–H groups in total. The predicted molar refractivity (Wildman–Crippen MR) is 88.6 cm³/mol. The minimum atomic E-state index is -0.230. The average Bonchev–Trinajstić information content (AvgIpc) is 2.51. The minimum Gasteiger partial charge on any atom is -0.489 e. The van der Waals surface area contributed by atoms with Gasteiger partial charge in [-0.2, -0.15) is 0 Å². The lowest BCUT2D eigenvalue weighted by Gasteiger charge is -2.19. The van der Waals surface area contributed by atoms with E-state index in [1.54, 1.807) is 6.07 Å². The van der Waals surface area contributed by atoms with Crippen molar-refractivity contribution < 1.29 is 9.13 Å². The van der Waals surface area contributed by atoms with Crippen LogP contribution in [-0.4, -0.2) is 25.0 Å². The fraction of sp³-hybridized carbons (Fsp3) is 0.368. The number of rotatable bonds is 7. The van der Waals surface area contributed by atoms with Gasteiger partial charge in [-0.3, -0.25) is 0 Å². The standard InChI is InChI=1S/C19H24FNO/c1-15(21(2)3)7-8-16-9-11-19(12-10-16)22-14-17-5-4-6-18(20)13-17/h4-6,9-13,15H,7-8,14H2,1-3H3. The zero-order valence-electron chi connectivity index (χ0n) is 13.6. The van der Waals surface area contributed by atoms with Crippen LogP contribution in [0.5, 0.6) is 5.75 Å².